The van der Waals surface area contributed by atoms with Gasteiger partial charge in [0.25, 0.3) is 0 Å². The molecule has 0 aliphatic carbocycles. The Balaban J connectivity index is 1.33. The third-order valence-electron chi connectivity index (χ3n) is 5.55. The van der Waals surface area contributed by atoms with Gasteiger partial charge in [-0.05, 0) is 57.1 Å². The molecule has 0 aromatic carbocycles. The van der Waals surface area contributed by atoms with Crippen molar-refractivity contribution in [3.05, 3.63) is 66.3 Å². The van der Waals surface area contributed by atoms with Crippen molar-refractivity contribution in [3.63, 3.8) is 0 Å². The van der Waals surface area contributed by atoms with Crippen LogP contribution in [0.15, 0.2) is 49.1 Å². The Kier molecular flexibility index (Phi) is 4.69. The summed E-state index contributed by atoms with van der Waals surface area (Å²) >= 11 is 0. The van der Waals surface area contributed by atoms with Crippen molar-refractivity contribution in [3.8, 4) is 11.3 Å². The van der Waals surface area contributed by atoms with E-state index in [2.05, 4.69) is 30.0 Å². The maximum Gasteiger partial charge on any atom is 0.177 e. The summed E-state index contributed by atoms with van der Waals surface area (Å²) in [5, 5.41) is 13.6. The van der Waals surface area contributed by atoms with E-state index in [1.807, 2.05) is 41.9 Å². The number of aromatic nitrogens is 7. The molecule has 0 amide bonds. The number of piperidine rings is 1. The fourth-order valence-electron chi connectivity index (χ4n) is 3.88. The first kappa shape index (κ1) is 17.8. The van der Waals surface area contributed by atoms with Crippen LogP contribution in [-0.2, 0) is 6.54 Å². The number of hydrogen-bond donors (Lipinski definition) is 0. The molecule has 0 unspecified atom stereocenters. The van der Waals surface area contributed by atoms with Gasteiger partial charge in [0.1, 0.15) is 0 Å². The van der Waals surface area contributed by atoms with Gasteiger partial charge in [0, 0.05) is 42.8 Å². The van der Waals surface area contributed by atoms with Crippen LogP contribution >= 0.6 is 0 Å². The van der Waals surface area contributed by atoms with Crippen LogP contribution in [0.4, 0.5) is 0 Å². The van der Waals surface area contributed by atoms with Gasteiger partial charge < -0.3 is 0 Å². The highest BCUT2D eigenvalue weighted by Crippen LogP contribution is 2.28. The highest BCUT2D eigenvalue weighted by Gasteiger charge is 2.25. The Morgan fingerprint density at radius 2 is 1.86 bits per heavy atom. The third-order valence-corrected chi connectivity index (χ3v) is 5.55. The molecule has 1 saturated heterocycles. The van der Waals surface area contributed by atoms with Gasteiger partial charge >= 0.3 is 0 Å². The second-order valence-corrected chi connectivity index (χ2v) is 7.43. The van der Waals surface area contributed by atoms with E-state index in [9.17, 15) is 0 Å². The largest absolute Gasteiger partial charge is 0.297 e. The summed E-state index contributed by atoms with van der Waals surface area (Å²) in [6.45, 7) is 4.86. The van der Waals surface area contributed by atoms with Crippen LogP contribution in [0, 0.1) is 6.92 Å². The van der Waals surface area contributed by atoms with Gasteiger partial charge in [0.05, 0.1) is 17.1 Å². The lowest BCUT2D eigenvalue weighted by atomic mass is 9.96. The predicted molar refractivity (Wildman–Crippen MR) is 108 cm³/mol. The topological polar surface area (TPSA) is 85.0 Å². The van der Waals surface area contributed by atoms with Crippen molar-refractivity contribution in [2.45, 2.75) is 32.2 Å². The van der Waals surface area contributed by atoms with E-state index in [1.165, 1.54) is 0 Å². The average molecular weight is 386 g/mol. The molecule has 4 aromatic heterocycles. The Bertz CT molecular complexity index is 1120. The van der Waals surface area contributed by atoms with E-state index in [0.29, 0.717) is 5.92 Å². The van der Waals surface area contributed by atoms with Crippen LogP contribution < -0.4 is 0 Å². The van der Waals surface area contributed by atoms with Crippen LogP contribution in [0.2, 0.25) is 0 Å². The van der Waals surface area contributed by atoms with E-state index >= 15 is 0 Å². The molecule has 0 N–H and O–H groups in total. The van der Waals surface area contributed by atoms with Gasteiger partial charge in [0.2, 0.25) is 0 Å². The zero-order valence-corrected chi connectivity index (χ0v) is 16.3. The molecule has 146 valence electrons. The summed E-state index contributed by atoms with van der Waals surface area (Å²) < 4.78 is 1.90. The Labute approximate surface area is 168 Å². The summed E-state index contributed by atoms with van der Waals surface area (Å²) in [5.41, 5.74) is 4.71. The number of rotatable bonds is 4. The lowest BCUT2D eigenvalue weighted by molar-refractivity contribution is 0.198. The number of hydrogen-bond acceptors (Lipinski definition) is 7. The van der Waals surface area contributed by atoms with Gasteiger partial charge in [0.15, 0.2) is 11.5 Å². The molecule has 0 bridgehead atoms. The van der Waals surface area contributed by atoms with Crippen LogP contribution in [0.5, 0.6) is 0 Å². The molecule has 0 radical (unpaired) electrons. The number of pyridine rings is 1. The van der Waals surface area contributed by atoms with Crippen molar-refractivity contribution in [2.75, 3.05) is 13.1 Å². The average Bonchev–Trinajstić information content (AvgIpc) is 3.20. The van der Waals surface area contributed by atoms with Gasteiger partial charge in [-0.3, -0.25) is 19.9 Å². The molecule has 1 aliphatic rings. The monoisotopic (exact) mass is 386 g/mol. The Morgan fingerprint density at radius 3 is 2.66 bits per heavy atom. The van der Waals surface area contributed by atoms with Crippen molar-refractivity contribution < 1.29 is 0 Å². The minimum atomic E-state index is 0.348. The minimum absolute atomic E-state index is 0.348. The lowest BCUT2D eigenvalue weighted by Gasteiger charge is -2.30. The summed E-state index contributed by atoms with van der Waals surface area (Å²) in [5.74, 6) is 1.29. The maximum absolute atomic E-state index is 4.80. The van der Waals surface area contributed by atoms with Gasteiger partial charge in [-0.15, -0.1) is 10.2 Å². The molecule has 0 saturated carbocycles. The lowest BCUT2D eigenvalue weighted by Crippen LogP contribution is -2.33. The van der Waals surface area contributed by atoms with E-state index in [1.54, 1.807) is 18.6 Å². The SMILES string of the molecule is Cc1nccnc1CN1CCC(c2nnc3ccc(-c4cccnc4)nn23)CC1. The molecule has 1 aliphatic heterocycles. The highest BCUT2D eigenvalue weighted by molar-refractivity contribution is 5.58. The summed E-state index contributed by atoms with van der Waals surface area (Å²) in [6.07, 6.45) is 9.16. The normalized spacial score (nSPS) is 15.8. The van der Waals surface area contributed by atoms with E-state index in [4.69, 9.17) is 5.10 Å². The predicted octanol–water partition coefficient (Wildman–Crippen LogP) is 2.66. The zero-order chi connectivity index (χ0) is 19.6. The molecule has 8 heteroatoms. The number of likely N-dealkylation sites (tertiary alicyclic amines) is 1. The number of nitrogens with zero attached hydrogens (tertiary/aromatic N) is 8. The second-order valence-electron chi connectivity index (χ2n) is 7.43. The summed E-state index contributed by atoms with van der Waals surface area (Å²) in [4.78, 5) is 15.4. The molecule has 0 spiro atoms. The molecule has 5 heterocycles. The van der Waals surface area contributed by atoms with Crippen LogP contribution in [0.25, 0.3) is 16.9 Å². The van der Waals surface area contributed by atoms with Crippen molar-refractivity contribution in [1.82, 2.24) is 39.7 Å². The van der Waals surface area contributed by atoms with Gasteiger partial charge in [-0.1, -0.05) is 0 Å². The summed E-state index contributed by atoms with van der Waals surface area (Å²) in [7, 11) is 0. The molecule has 29 heavy (non-hydrogen) atoms. The molecular formula is C21H22N8. The fraction of sp³-hybridized carbons (Fsp3) is 0.333. The fourth-order valence-corrected chi connectivity index (χ4v) is 3.88. The van der Waals surface area contributed by atoms with Crippen molar-refractivity contribution >= 4 is 5.65 Å². The maximum atomic E-state index is 4.80. The standard InChI is InChI=1S/C21H22N8/c1-15-19(24-10-9-23-15)14-28-11-6-16(7-12-28)21-26-25-20-5-4-18(27-29(20)21)17-3-2-8-22-13-17/h2-5,8-10,13,16H,6-7,11-12,14H2,1H3. The minimum Gasteiger partial charge on any atom is -0.297 e. The first-order chi connectivity index (χ1) is 14.3. The quantitative estimate of drug-likeness (QED) is 0.533. The number of fused-ring (bicyclic) bond motifs is 1. The van der Waals surface area contributed by atoms with Crippen molar-refractivity contribution in [1.29, 1.82) is 0 Å². The van der Waals surface area contributed by atoms with Crippen molar-refractivity contribution in [2.24, 2.45) is 0 Å². The first-order valence-electron chi connectivity index (χ1n) is 9.89. The van der Waals surface area contributed by atoms with Crippen LogP contribution in [0.1, 0.15) is 36.0 Å². The Morgan fingerprint density at radius 1 is 1.00 bits per heavy atom. The summed E-state index contributed by atoms with van der Waals surface area (Å²) in [6, 6.07) is 7.87. The smallest absolute Gasteiger partial charge is 0.177 e. The van der Waals surface area contributed by atoms with Crippen LogP contribution in [0.3, 0.4) is 0 Å². The highest BCUT2D eigenvalue weighted by atomic mass is 15.4. The molecule has 1 fully saturated rings. The molecule has 0 atom stereocenters. The third kappa shape index (κ3) is 3.58. The number of aryl methyl sites for hydroxylation is 1. The molecule has 8 nitrogen and oxygen atoms in total. The van der Waals surface area contributed by atoms with Gasteiger partial charge in [-0.25, -0.2) is 0 Å². The second kappa shape index (κ2) is 7.63. The van der Waals surface area contributed by atoms with Crippen LogP contribution in [-0.4, -0.2) is 52.8 Å². The Hall–Kier alpha value is -3.26. The molecular weight excluding hydrogens is 364 g/mol. The molecule has 5 rings (SSSR count). The van der Waals surface area contributed by atoms with E-state index in [0.717, 1.165) is 66.6 Å². The van der Waals surface area contributed by atoms with E-state index < -0.39 is 0 Å². The zero-order valence-electron chi connectivity index (χ0n) is 16.3. The van der Waals surface area contributed by atoms with E-state index in [-0.39, 0.29) is 0 Å². The molecule has 4 aromatic rings. The first-order valence-corrected chi connectivity index (χ1v) is 9.89. The van der Waals surface area contributed by atoms with Gasteiger partial charge in [-0.2, -0.15) is 9.61 Å².